The smallest absolute Gasteiger partial charge is 0.264 e. The van der Waals surface area contributed by atoms with Crippen molar-refractivity contribution < 1.29 is 22.7 Å². The zero-order valence-electron chi connectivity index (χ0n) is 21.9. The summed E-state index contributed by atoms with van der Waals surface area (Å²) in [4.78, 5) is 17.7. The minimum absolute atomic E-state index is 0.115. The van der Waals surface area contributed by atoms with Crippen molar-refractivity contribution in [2.24, 2.45) is 5.84 Å². The van der Waals surface area contributed by atoms with Crippen LogP contribution < -0.4 is 30.8 Å². The molecule has 39 heavy (non-hydrogen) atoms. The number of nitrogens with zero attached hydrogens (tertiary/aromatic N) is 2. The number of nitrogens with two attached hydrogens (primary N) is 2. The van der Waals surface area contributed by atoms with Crippen LogP contribution in [0.2, 0.25) is 0 Å². The number of amides is 1. The summed E-state index contributed by atoms with van der Waals surface area (Å²) in [6.45, 7) is 5.95. The number of fused-ring (bicyclic) bond motifs is 1. The Balaban J connectivity index is 1.78. The lowest BCUT2D eigenvalue weighted by Crippen LogP contribution is -2.46. The number of carbonyl (C=O) groups is 1. The topological polar surface area (TPSA) is 150 Å². The van der Waals surface area contributed by atoms with E-state index in [2.05, 4.69) is 9.71 Å². The molecule has 11 heteroatoms. The molecule has 5 N–H and O–H groups in total. The van der Waals surface area contributed by atoms with Crippen LogP contribution >= 0.6 is 0 Å². The number of rotatable bonds is 10. The molecule has 0 radical (unpaired) electrons. The number of hydrazine groups is 1. The third kappa shape index (κ3) is 6.39. The van der Waals surface area contributed by atoms with Gasteiger partial charge in [0.1, 0.15) is 6.04 Å². The first-order chi connectivity index (χ1) is 18.6. The molecule has 1 aromatic heterocycles. The van der Waals surface area contributed by atoms with Gasteiger partial charge in [-0.1, -0.05) is 18.2 Å². The fourth-order valence-corrected chi connectivity index (χ4v) is 5.11. The second-order valence-electron chi connectivity index (χ2n) is 9.06. The van der Waals surface area contributed by atoms with Crippen LogP contribution in [-0.4, -0.2) is 32.0 Å². The third-order valence-corrected chi connectivity index (χ3v) is 7.14. The van der Waals surface area contributed by atoms with Gasteiger partial charge < -0.3 is 15.2 Å². The van der Waals surface area contributed by atoms with Gasteiger partial charge in [-0.3, -0.25) is 14.8 Å². The van der Waals surface area contributed by atoms with Gasteiger partial charge in [-0.2, -0.15) is 0 Å². The summed E-state index contributed by atoms with van der Waals surface area (Å²) >= 11 is 0. The van der Waals surface area contributed by atoms with Crippen LogP contribution in [0.4, 0.5) is 11.4 Å². The van der Waals surface area contributed by atoms with E-state index in [1.54, 1.807) is 48.8 Å². The fourth-order valence-electron chi connectivity index (χ4n) is 4.06. The van der Waals surface area contributed by atoms with Crippen molar-refractivity contribution in [2.45, 2.75) is 37.8 Å². The first kappa shape index (κ1) is 27.7. The largest absolute Gasteiger partial charge is 0.490 e. The number of pyridine rings is 1. The highest BCUT2D eigenvalue weighted by molar-refractivity contribution is 7.90. The third-order valence-electron chi connectivity index (χ3n) is 5.80. The summed E-state index contributed by atoms with van der Waals surface area (Å²) in [6.07, 6.45) is 3.25. The van der Waals surface area contributed by atoms with E-state index < -0.39 is 22.0 Å². The summed E-state index contributed by atoms with van der Waals surface area (Å²) < 4.78 is 40.0. The zero-order valence-corrected chi connectivity index (χ0v) is 22.7. The molecule has 0 aliphatic carbocycles. The number of nitrogen functional groups attached to an aromatic ring is 1. The molecule has 1 amide bonds. The molecule has 4 rings (SSSR count). The maximum Gasteiger partial charge on any atom is 0.264 e. The van der Waals surface area contributed by atoms with E-state index in [0.717, 1.165) is 10.8 Å². The molecule has 0 aliphatic rings. The fraction of sp³-hybridized carbons (Fsp3) is 0.214. The molecular weight excluding hydrogens is 518 g/mol. The van der Waals surface area contributed by atoms with Crippen molar-refractivity contribution in [3.05, 3.63) is 84.7 Å². The number of benzene rings is 3. The molecule has 3 aromatic carbocycles. The number of nitrogens with one attached hydrogen (secondary N) is 1. The van der Waals surface area contributed by atoms with E-state index in [0.29, 0.717) is 29.4 Å². The van der Waals surface area contributed by atoms with Gasteiger partial charge in [0.25, 0.3) is 15.9 Å². The van der Waals surface area contributed by atoms with Crippen LogP contribution in [0, 0.1) is 0 Å². The highest BCUT2D eigenvalue weighted by Gasteiger charge is 2.31. The minimum Gasteiger partial charge on any atom is -0.490 e. The molecule has 1 heterocycles. The Bertz CT molecular complexity index is 1590. The summed E-state index contributed by atoms with van der Waals surface area (Å²) in [5.41, 5.74) is 6.89. The Hall–Kier alpha value is -4.35. The van der Waals surface area contributed by atoms with Gasteiger partial charge in [-0.25, -0.2) is 19.0 Å². The number of hydrogen-bond acceptors (Lipinski definition) is 9. The lowest BCUT2D eigenvalue weighted by Gasteiger charge is -2.29. The molecule has 1 atom stereocenters. The molecule has 0 bridgehead atoms. The van der Waals surface area contributed by atoms with Crippen molar-refractivity contribution in [3.63, 3.8) is 0 Å². The molecule has 4 aromatic rings. The van der Waals surface area contributed by atoms with Gasteiger partial charge in [0.05, 0.1) is 23.3 Å². The number of hydrogen-bond donors (Lipinski definition) is 3. The number of anilines is 2. The predicted octanol–water partition coefficient (Wildman–Crippen LogP) is 3.93. The first-order valence-corrected chi connectivity index (χ1v) is 13.8. The van der Waals surface area contributed by atoms with Crippen molar-refractivity contribution in [1.29, 1.82) is 0 Å². The normalized spacial score (nSPS) is 12.2. The summed E-state index contributed by atoms with van der Waals surface area (Å²) in [5.74, 6) is 6.58. The Labute approximate surface area is 227 Å². The summed E-state index contributed by atoms with van der Waals surface area (Å²) in [6, 6.07) is 16.5. The molecule has 1 unspecified atom stereocenters. The average molecular weight is 550 g/mol. The van der Waals surface area contributed by atoms with Crippen LogP contribution in [0.1, 0.15) is 32.4 Å². The quantitative estimate of drug-likeness (QED) is 0.152. The Morgan fingerprint density at radius 1 is 1.03 bits per heavy atom. The number of ether oxygens (including phenoxy) is 2. The maximum absolute atomic E-state index is 13.7. The average Bonchev–Trinajstić information content (AvgIpc) is 2.89. The highest BCUT2D eigenvalue weighted by Crippen LogP contribution is 2.35. The van der Waals surface area contributed by atoms with Crippen molar-refractivity contribution in [1.82, 2.24) is 9.71 Å². The Morgan fingerprint density at radius 2 is 1.82 bits per heavy atom. The van der Waals surface area contributed by atoms with Gasteiger partial charge in [0.2, 0.25) is 0 Å². The van der Waals surface area contributed by atoms with Crippen molar-refractivity contribution >= 4 is 38.1 Å². The van der Waals surface area contributed by atoms with Crippen LogP contribution in [0.15, 0.2) is 84.0 Å². The number of aromatic nitrogens is 1. The zero-order chi connectivity index (χ0) is 28.2. The molecule has 0 fully saturated rings. The van der Waals surface area contributed by atoms with Crippen LogP contribution in [0.5, 0.6) is 11.5 Å². The molecule has 0 spiro atoms. The van der Waals surface area contributed by atoms with E-state index in [-0.39, 0.29) is 16.7 Å². The monoisotopic (exact) mass is 549 g/mol. The summed E-state index contributed by atoms with van der Waals surface area (Å²) in [7, 11) is -4.26. The van der Waals surface area contributed by atoms with E-state index in [9.17, 15) is 13.2 Å². The maximum atomic E-state index is 13.7. The van der Waals surface area contributed by atoms with E-state index in [1.807, 2.05) is 32.9 Å². The lowest BCUT2D eigenvalue weighted by atomic mass is 10.0. The van der Waals surface area contributed by atoms with Gasteiger partial charge >= 0.3 is 0 Å². The van der Waals surface area contributed by atoms with Gasteiger partial charge in [0.15, 0.2) is 11.5 Å². The lowest BCUT2D eigenvalue weighted by molar-refractivity contribution is -0.120. The van der Waals surface area contributed by atoms with Crippen LogP contribution in [0.3, 0.4) is 0 Å². The van der Waals surface area contributed by atoms with E-state index in [4.69, 9.17) is 21.1 Å². The van der Waals surface area contributed by atoms with Crippen LogP contribution in [-0.2, 0) is 14.8 Å². The van der Waals surface area contributed by atoms with Crippen molar-refractivity contribution in [3.8, 4) is 11.5 Å². The van der Waals surface area contributed by atoms with Gasteiger partial charge in [-0.05, 0) is 80.3 Å². The Morgan fingerprint density at radius 3 is 2.54 bits per heavy atom. The first-order valence-electron chi connectivity index (χ1n) is 12.3. The number of carbonyl (C=O) groups excluding carboxylic acids is 1. The van der Waals surface area contributed by atoms with Crippen molar-refractivity contribution in [2.75, 3.05) is 17.3 Å². The van der Waals surface area contributed by atoms with Crippen LogP contribution in [0.25, 0.3) is 10.8 Å². The second kappa shape index (κ2) is 11.6. The molecule has 0 saturated heterocycles. The molecule has 0 saturated carbocycles. The Kier molecular flexibility index (Phi) is 8.22. The standard InChI is InChI=1S/C28H31N5O5S/c1-4-37-26-15-20(9-11-25(26)38-18(2)3)27(28(34)32-39(35,36)24-7-5-6-22(29)16-24)33(30)23-10-8-21-17-31-13-12-19(21)14-23/h5-18,27H,4,29-30H2,1-3H3,(H,32,34). The van der Waals surface area contributed by atoms with E-state index >= 15 is 0 Å². The van der Waals surface area contributed by atoms with E-state index in [1.165, 1.54) is 23.2 Å². The SMILES string of the molecule is CCOc1cc(C(C(=O)NS(=O)(=O)c2cccc(N)c2)N(N)c2ccc3cnccc3c2)ccc1OC(C)C. The molecule has 0 aliphatic heterocycles. The van der Waals surface area contributed by atoms with Gasteiger partial charge in [-0.15, -0.1) is 0 Å². The molecule has 204 valence electrons. The molecular formula is C28H31N5O5S. The summed E-state index contributed by atoms with van der Waals surface area (Å²) in [5, 5.41) is 2.95. The predicted molar refractivity (Wildman–Crippen MR) is 151 cm³/mol. The number of sulfonamides is 1. The molecule has 10 nitrogen and oxygen atoms in total. The van der Waals surface area contributed by atoms with Gasteiger partial charge in [0, 0.05) is 23.5 Å². The minimum atomic E-state index is -4.26. The highest BCUT2D eigenvalue weighted by atomic mass is 32.2. The second-order valence-corrected chi connectivity index (χ2v) is 10.7.